The van der Waals surface area contributed by atoms with Crippen LogP contribution in [-0.4, -0.2) is 9.97 Å². The summed E-state index contributed by atoms with van der Waals surface area (Å²) in [6.45, 7) is 0. The molecule has 0 aliphatic heterocycles. The largest absolute Gasteiger partial charge is 0.399 e. The zero-order chi connectivity index (χ0) is 12.5. The molecule has 3 N–H and O–H groups in total. The van der Waals surface area contributed by atoms with Crippen molar-refractivity contribution in [2.45, 2.75) is 6.42 Å². The molecule has 0 aliphatic rings. The van der Waals surface area contributed by atoms with Crippen molar-refractivity contribution >= 4 is 28.3 Å². The predicted octanol–water partition coefficient (Wildman–Crippen LogP) is 3.39. The number of benzene rings is 2. The number of anilines is 1. The Morgan fingerprint density at radius 3 is 2.83 bits per heavy atom. The quantitative estimate of drug-likeness (QED) is 0.692. The highest BCUT2D eigenvalue weighted by atomic mass is 35.5. The molecule has 1 aromatic heterocycles. The van der Waals surface area contributed by atoms with E-state index < -0.39 is 0 Å². The third-order valence-electron chi connectivity index (χ3n) is 2.87. The van der Waals surface area contributed by atoms with Gasteiger partial charge in [-0.2, -0.15) is 0 Å². The van der Waals surface area contributed by atoms with Gasteiger partial charge in [0.05, 0.1) is 11.0 Å². The van der Waals surface area contributed by atoms with E-state index in [0.29, 0.717) is 17.1 Å². The van der Waals surface area contributed by atoms with Gasteiger partial charge >= 0.3 is 0 Å². The van der Waals surface area contributed by atoms with Gasteiger partial charge in [-0.3, -0.25) is 0 Å². The van der Waals surface area contributed by atoms with Crippen molar-refractivity contribution in [3.8, 4) is 0 Å². The number of halogens is 1. The van der Waals surface area contributed by atoms with Gasteiger partial charge in [0.2, 0.25) is 0 Å². The topological polar surface area (TPSA) is 54.7 Å². The van der Waals surface area contributed by atoms with Gasteiger partial charge in [-0.15, -0.1) is 0 Å². The normalized spacial score (nSPS) is 10.9. The van der Waals surface area contributed by atoms with Crippen LogP contribution < -0.4 is 5.73 Å². The molecule has 0 aliphatic carbocycles. The van der Waals surface area contributed by atoms with Gasteiger partial charge in [0.25, 0.3) is 0 Å². The molecule has 1 heterocycles. The minimum absolute atomic E-state index is 0.651. The highest BCUT2D eigenvalue weighted by Gasteiger charge is 2.06. The van der Waals surface area contributed by atoms with Crippen molar-refractivity contribution in [3.05, 3.63) is 58.9 Å². The predicted molar refractivity (Wildman–Crippen MR) is 74.8 cm³/mol. The van der Waals surface area contributed by atoms with Crippen LogP contribution in [0.1, 0.15) is 11.4 Å². The zero-order valence-corrected chi connectivity index (χ0v) is 10.4. The van der Waals surface area contributed by atoms with E-state index >= 15 is 0 Å². The van der Waals surface area contributed by atoms with Crippen LogP contribution in [0.4, 0.5) is 5.69 Å². The number of rotatable bonds is 2. The first kappa shape index (κ1) is 11.1. The van der Waals surface area contributed by atoms with Crippen molar-refractivity contribution in [3.63, 3.8) is 0 Å². The van der Waals surface area contributed by atoms with Gasteiger partial charge in [-0.1, -0.05) is 23.7 Å². The average molecular weight is 258 g/mol. The third-order valence-corrected chi connectivity index (χ3v) is 3.23. The number of nitrogen functional groups attached to an aromatic ring is 1. The Balaban J connectivity index is 1.98. The van der Waals surface area contributed by atoms with Gasteiger partial charge in [0, 0.05) is 17.1 Å². The van der Waals surface area contributed by atoms with Crippen molar-refractivity contribution in [2.75, 3.05) is 5.73 Å². The molecule has 3 rings (SSSR count). The van der Waals surface area contributed by atoms with E-state index in [0.717, 1.165) is 22.4 Å². The van der Waals surface area contributed by atoms with E-state index in [1.54, 1.807) is 6.07 Å². The van der Waals surface area contributed by atoms with E-state index in [2.05, 4.69) is 9.97 Å². The highest BCUT2D eigenvalue weighted by molar-refractivity contribution is 6.31. The Morgan fingerprint density at radius 2 is 2.00 bits per heavy atom. The van der Waals surface area contributed by atoms with Crippen LogP contribution in [0.15, 0.2) is 42.5 Å². The van der Waals surface area contributed by atoms with Crippen molar-refractivity contribution in [2.24, 2.45) is 0 Å². The molecule has 0 saturated carbocycles. The number of aromatic amines is 1. The molecule has 90 valence electrons. The Morgan fingerprint density at radius 1 is 1.17 bits per heavy atom. The number of nitrogens with one attached hydrogen (secondary N) is 1. The van der Waals surface area contributed by atoms with Gasteiger partial charge in [-0.25, -0.2) is 4.98 Å². The number of fused-ring (bicyclic) bond motifs is 1. The van der Waals surface area contributed by atoms with Crippen molar-refractivity contribution < 1.29 is 0 Å². The fraction of sp³-hybridized carbons (Fsp3) is 0.0714. The smallest absolute Gasteiger partial charge is 0.111 e. The lowest BCUT2D eigenvalue weighted by Gasteiger charge is -2.03. The summed E-state index contributed by atoms with van der Waals surface area (Å²) in [5, 5.41) is 0.713. The lowest BCUT2D eigenvalue weighted by Crippen LogP contribution is -1.94. The molecule has 4 heteroatoms. The molecule has 0 atom stereocenters. The van der Waals surface area contributed by atoms with Gasteiger partial charge in [-0.05, 0) is 35.9 Å². The first-order chi connectivity index (χ1) is 8.72. The molecule has 3 nitrogen and oxygen atoms in total. The van der Waals surface area contributed by atoms with Crippen LogP contribution >= 0.6 is 11.6 Å². The molecule has 0 spiro atoms. The number of hydrogen-bond acceptors (Lipinski definition) is 2. The van der Waals surface area contributed by atoms with Crippen LogP contribution in [0.5, 0.6) is 0 Å². The molecule has 18 heavy (non-hydrogen) atoms. The molecular weight excluding hydrogens is 246 g/mol. The number of para-hydroxylation sites is 2. The molecule has 2 aromatic carbocycles. The molecular formula is C14H12ClN3. The van der Waals surface area contributed by atoms with Gasteiger partial charge < -0.3 is 10.7 Å². The van der Waals surface area contributed by atoms with E-state index in [4.69, 9.17) is 17.3 Å². The lowest BCUT2D eigenvalue weighted by atomic mass is 10.1. The maximum Gasteiger partial charge on any atom is 0.111 e. The fourth-order valence-electron chi connectivity index (χ4n) is 2.00. The summed E-state index contributed by atoms with van der Waals surface area (Å²) in [4.78, 5) is 7.80. The zero-order valence-electron chi connectivity index (χ0n) is 9.65. The summed E-state index contributed by atoms with van der Waals surface area (Å²) >= 11 is 6.15. The van der Waals surface area contributed by atoms with Crippen LogP contribution in [0, 0.1) is 0 Å². The van der Waals surface area contributed by atoms with E-state index in [-0.39, 0.29) is 0 Å². The summed E-state index contributed by atoms with van der Waals surface area (Å²) in [7, 11) is 0. The molecule has 0 saturated heterocycles. The Hall–Kier alpha value is -2.00. The van der Waals surface area contributed by atoms with Crippen LogP contribution in [0.3, 0.4) is 0 Å². The minimum Gasteiger partial charge on any atom is -0.399 e. The summed E-state index contributed by atoms with van der Waals surface area (Å²) < 4.78 is 0. The standard InChI is InChI=1S/C14H12ClN3/c15-11-6-5-10(16)7-9(11)8-14-17-12-3-1-2-4-13(12)18-14/h1-7H,8,16H2,(H,17,18). The minimum atomic E-state index is 0.651. The number of nitrogens with two attached hydrogens (primary N) is 1. The average Bonchev–Trinajstić information content (AvgIpc) is 2.76. The third kappa shape index (κ3) is 2.05. The summed E-state index contributed by atoms with van der Waals surface area (Å²) in [5.74, 6) is 0.892. The van der Waals surface area contributed by atoms with Crippen molar-refractivity contribution in [1.82, 2.24) is 9.97 Å². The molecule has 3 aromatic rings. The summed E-state index contributed by atoms with van der Waals surface area (Å²) in [6.07, 6.45) is 0.651. The number of nitrogens with zero attached hydrogens (tertiary/aromatic N) is 1. The second kappa shape index (κ2) is 4.35. The van der Waals surface area contributed by atoms with E-state index in [9.17, 15) is 0 Å². The monoisotopic (exact) mass is 257 g/mol. The Bertz CT molecular complexity index is 670. The van der Waals surface area contributed by atoms with Gasteiger partial charge in [0.1, 0.15) is 5.82 Å². The molecule has 0 bridgehead atoms. The Labute approximate surface area is 110 Å². The number of imidazole rings is 1. The maximum atomic E-state index is 6.15. The molecule has 0 fully saturated rings. The number of aromatic nitrogens is 2. The summed E-state index contributed by atoms with van der Waals surface area (Å²) in [6, 6.07) is 13.4. The second-order valence-electron chi connectivity index (χ2n) is 4.23. The first-order valence-electron chi connectivity index (χ1n) is 5.70. The van der Waals surface area contributed by atoms with Gasteiger partial charge in [0.15, 0.2) is 0 Å². The molecule has 0 amide bonds. The highest BCUT2D eigenvalue weighted by Crippen LogP contribution is 2.22. The fourth-order valence-corrected chi connectivity index (χ4v) is 2.18. The van der Waals surface area contributed by atoms with Crippen molar-refractivity contribution in [1.29, 1.82) is 0 Å². The van der Waals surface area contributed by atoms with E-state index in [1.165, 1.54) is 0 Å². The lowest BCUT2D eigenvalue weighted by molar-refractivity contribution is 1.04. The molecule has 0 unspecified atom stereocenters. The number of H-pyrrole nitrogens is 1. The van der Waals surface area contributed by atoms with E-state index in [1.807, 2.05) is 36.4 Å². The first-order valence-corrected chi connectivity index (χ1v) is 6.08. The SMILES string of the molecule is Nc1ccc(Cl)c(Cc2nc3ccccc3[nH]2)c1. The van der Waals surface area contributed by atoms with Crippen LogP contribution in [-0.2, 0) is 6.42 Å². The Kier molecular flexibility index (Phi) is 2.68. The number of hydrogen-bond donors (Lipinski definition) is 2. The summed E-state index contributed by atoms with van der Waals surface area (Å²) in [5.41, 5.74) is 9.46. The molecule has 0 radical (unpaired) electrons. The van der Waals surface area contributed by atoms with Crippen LogP contribution in [0.2, 0.25) is 5.02 Å². The van der Waals surface area contributed by atoms with Crippen LogP contribution in [0.25, 0.3) is 11.0 Å². The second-order valence-corrected chi connectivity index (χ2v) is 4.64. The maximum absolute atomic E-state index is 6.15.